The maximum Gasteiger partial charge on any atom is 0.254 e. The molecule has 0 bridgehead atoms. The molecule has 3 atom stereocenters. The van der Waals surface area contributed by atoms with Crippen molar-refractivity contribution in [3.63, 3.8) is 0 Å². The van der Waals surface area contributed by atoms with Crippen molar-refractivity contribution >= 4 is 40.9 Å². The van der Waals surface area contributed by atoms with E-state index < -0.39 is 28.8 Å². The first-order chi connectivity index (χ1) is 18.7. The first kappa shape index (κ1) is 29.4. The van der Waals surface area contributed by atoms with E-state index in [0.717, 1.165) is 29.5 Å². The molecule has 2 fully saturated rings. The number of aryl methyl sites for hydroxylation is 1. The van der Waals surface area contributed by atoms with Gasteiger partial charge in [-0.05, 0) is 68.9 Å². The third-order valence-corrected chi connectivity index (χ3v) is 9.34. The number of rotatable bonds is 9. The van der Waals surface area contributed by atoms with Crippen LogP contribution in [0.2, 0.25) is 0 Å². The normalized spacial score (nSPS) is 20.3. The molecule has 0 radical (unpaired) electrons. The molecule has 0 spiro atoms. The molecule has 2 aliphatic rings. The number of aliphatic hydroxyl groups excluding tert-OH is 1. The van der Waals surface area contributed by atoms with Crippen LogP contribution in [0, 0.1) is 6.92 Å². The summed E-state index contributed by atoms with van der Waals surface area (Å²) in [5.41, 5.74) is 3.11. The molecule has 0 unspecified atom stereocenters. The maximum absolute atomic E-state index is 13.8. The molecule has 2 aromatic carbocycles. The van der Waals surface area contributed by atoms with Crippen LogP contribution in [0.5, 0.6) is 0 Å². The van der Waals surface area contributed by atoms with Gasteiger partial charge in [0.25, 0.3) is 5.91 Å². The average Bonchev–Trinajstić information content (AvgIpc) is 3.54. The SMILES string of the molecule is Cc1ccccc1CNC(=O)[C@H]1N(C(=O)[C@@H](O)[C@H](Cc2ccccc2)NC(=S)NC2CCCC2)CSC1(C)C. The zero-order chi connectivity index (χ0) is 28.0. The fraction of sp³-hybridized carbons (Fsp3) is 0.500. The summed E-state index contributed by atoms with van der Waals surface area (Å²) in [6, 6.07) is 16.6. The van der Waals surface area contributed by atoms with Gasteiger partial charge < -0.3 is 26.0 Å². The minimum absolute atomic E-state index is 0.222. The van der Waals surface area contributed by atoms with Gasteiger partial charge in [-0.1, -0.05) is 67.4 Å². The molecular formula is C30H40N4O3S2. The fourth-order valence-corrected chi connectivity index (χ4v) is 6.88. The Morgan fingerprint density at radius 1 is 1.10 bits per heavy atom. The van der Waals surface area contributed by atoms with Gasteiger partial charge in [-0.15, -0.1) is 11.8 Å². The van der Waals surface area contributed by atoms with E-state index in [1.807, 2.05) is 75.4 Å². The number of hydrogen-bond acceptors (Lipinski definition) is 5. The van der Waals surface area contributed by atoms with Crippen LogP contribution >= 0.6 is 24.0 Å². The van der Waals surface area contributed by atoms with Gasteiger partial charge in [0.2, 0.25) is 5.91 Å². The van der Waals surface area contributed by atoms with Crippen molar-refractivity contribution in [3.8, 4) is 0 Å². The van der Waals surface area contributed by atoms with Crippen LogP contribution in [-0.2, 0) is 22.6 Å². The number of carbonyl (C=O) groups excluding carboxylic acids is 2. The Morgan fingerprint density at radius 2 is 1.77 bits per heavy atom. The molecule has 1 aliphatic carbocycles. The van der Waals surface area contributed by atoms with Crippen LogP contribution in [-0.4, -0.2) is 61.8 Å². The Balaban J connectivity index is 1.48. The Bertz CT molecular complexity index is 1150. The highest BCUT2D eigenvalue weighted by atomic mass is 32.2. The minimum Gasteiger partial charge on any atom is -0.381 e. The molecule has 2 amide bonds. The number of thiocarbonyl (C=S) groups is 1. The molecule has 210 valence electrons. The second kappa shape index (κ2) is 13.2. The lowest BCUT2D eigenvalue weighted by atomic mass is 9.97. The molecule has 0 aromatic heterocycles. The van der Waals surface area contributed by atoms with Crippen LogP contribution in [0.3, 0.4) is 0 Å². The zero-order valence-corrected chi connectivity index (χ0v) is 24.6. The van der Waals surface area contributed by atoms with Gasteiger partial charge in [0.05, 0.1) is 11.9 Å². The Labute approximate surface area is 241 Å². The van der Waals surface area contributed by atoms with Crippen LogP contribution in [0.15, 0.2) is 54.6 Å². The predicted molar refractivity (Wildman–Crippen MR) is 161 cm³/mol. The van der Waals surface area contributed by atoms with Gasteiger partial charge >= 0.3 is 0 Å². The molecule has 4 N–H and O–H groups in total. The standard InChI is InChI=1S/C30H40N4O3S2/c1-20-11-7-8-14-22(20)18-31-27(36)26-30(2,3)39-19-34(26)28(37)25(35)24(17-21-12-5-4-6-13-21)33-29(38)32-23-15-9-10-16-23/h4-8,11-14,23-26,35H,9-10,15-19H2,1-3H3,(H,31,36)(H2,32,33,38)/t24-,25-,26+/m0/s1. The second-order valence-corrected chi connectivity index (χ2v) is 13.1. The van der Waals surface area contributed by atoms with E-state index in [1.165, 1.54) is 17.7 Å². The number of aliphatic hydroxyl groups is 1. The number of nitrogens with zero attached hydrogens (tertiary/aromatic N) is 1. The highest BCUT2D eigenvalue weighted by molar-refractivity contribution is 8.00. The summed E-state index contributed by atoms with van der Waals surface area (Å²) in [5, 5.41) is 21.5. The van der Waals surface area contributed by atoms with Crippen LogP contribution in [0.25, 0.3) is 0 Å². The van der Waals surface area contributed by atoms with Gasteiger partial charge in [0.15, 0.2) is 11.2 Å². The Morgan fingerprint density at radius 3 is 2.46 bits per heavy atom. The molecule has 1 saturated carbocycles. The van der Waals surface area contributed by atoms with Crippen LogP contribution < -0.4 is 16.0 Å². The largest absolute Gasteiger partial charge is 0.381 e. The van der Waals surface area contributed by atoms with Gasteiger partial charge in [0, 0.05) is 17.3 Å². The molecule has 9 heteroatoms. The number of amides is 2. The molecule has 2 aromatic rings. The highest BCUT2D eigenvalue weighted by Gasteiger charge is 2.49. The van der Waals surface area contributed by atoms with Crippen LogP contribution in [0.4, 0.5) is 0 Å². The van der Waals surface area contributed by atoms with Gasteiger partial charge in [-0.25, -0.2) is 0 Å². The van der Waals surface area contributed by atoms with E-state index in [1.54, 1.807) is 11.8 Å². The van der Waals surface area contributed by atoms with Gasteiger partial charge in [-0.2, -0.15) is 0 Å². The van der Waals surface area contributed by atoms with Crippen LogP contribution in [0.1, 0.15) is 56.2 Å². The number of thioether (sulfide) groups is 1. The summed E-state index contributed by atoms with van der Waals surface area (Å²) in [6.45, 7) is 6.33. The summed E-state index contributed by atoms with van der Waals surface area (Å²) in [7, 11) is 0. The molecule has 1 aliphatic heterocycles. The Kier molecular flexibility index (Phi) is 9.91. The molecule has 4 rings (SSSR count). The average molecular weight is 569 g/mol. The topological polar surface area (TPSA) is 93.7 Å². The molecule has 1 saturated heterocycles. The lowest BCUT2D eigenvalue weighted by molar-refractivity contribution is -0.147. The molecular weight excluding hydrogens is 528 g/mol. The monoisotopic (exact) mass is 568 g/mol. The highest BCUT2D eigenvalue weighted by Crippen LogP contribution is 2.40. The summed E-state index contributed by atoms with van der Waals surface area (Å²) in [6.07, 6.45) is 3.50. The minimum atomic E-state index is -1.38. The summed E-state index contributed by atoms with van der Waals surface area (Å²) in [5.74, 6) is -0.366. The van der Waals surface area contributed by atoms with Gasteiger partial charge in [-0.3, -0.25) is 9.59 Å². The van der Waals surface area contributed by atoms with Crippen molar-refractivity contribution in [2.75, 3.05) is 5.88 Å². The number of carbonyl (C=O) groups is 2. The predicted octanol–water partition coefficient (Wildman–Crippen LogP) is 3.67. The molecule has 7 nitrogen and oxygen atoms in total. The number of benzene rings is 2. The van der Waals surface area contributed by atoms with Crippen molar-refractivity contribution in [2.45, 2.75) is 88.4 Å². The second-order valence-electron chi connectivity index (χ2n) is 11.1. The van der Waals surface area contributed by atoms with Gasteiger partial charge in [0.1, 0.15) is 6.04 Å². The number of hydrogen-bond donors (Lipinski definition) is 4. The smallest absolute Gasteiger partial charge is 0.254 e. The first-order valence-electron chi connectivity index (χ1n) is 13.7. The quantitative estimate of drug-likeness (QED) is 0.343. The maximum atomic E-state index is 13.8. The third kappa shape index (κ3) is 7.52. The summed E-state index contributed by atoms with van der Waals surface area (Å²) < 4.78 is -0.507. The third-order valence-electron chi connectivity index (χ3n) is 7.73. The van der Waals surface area contributed by atoms with E-state index in [-0.39, 0.29) is 5.91 Å². The summed E-state index contributed by atoms with van der Waals surface area (Å²) in [4.78, 5) is 28.8. The van der Waals surface area contributed by atoms with E-state index in [9.17, 15) is 14.7 Å². The lowest BCUT2D eigenvalue weighted by Gasteiger charge is -2.34. The fourth-order valence-electron chi connectivity index (χ4n) is 5.42. The summed E-state index contributed by atoms with van der Waals surface area (Å²) >= 11 is 7.13. The number of nitrogens with one attached hydrogen (secondary N) is 3. The van der Waals surface area contributed by atoms with E-state index in [4.69, 9.17) is 12.2 Å². The van der Waals surface area contributed by atoms with Crippen molar-refractivity contribution in [1.82, 2.24) is 20.9 Å². The molecule has 39 heavy (non-hydrogen) atoms. The van der Waals surface area contributed by atoms with E-state index in [2.05, 4.69) is 16.0 Å². The van der Waals surface area contributed by atoms with E-state index in [0.29, 0.717) is 30.0 Å². The van der Waals surface area contributed by atoms with Crippen molar-refractivity contribution < 1.29 is 14.7 Å². The van der Waals surface area contributed by atoms with Crippen molar-refractivity contribution in [3.05, 3.63) is 71.3 Å². The zero-order valence-electron chi connectivity index (χ0n) is 23.0. The van der Waals surface area contributed by atoms with E-state index >= 15 is 0 Å². The van der Waals surface area contributed by atoms with Crippen molar-refractivity contribution in [1.29, 1.82) is 0 Å². The lowest BCUT2D eigenvalue weighted by Crippen LogP contribution is -2.59. The Hall–Kier alpha value is -2.62. The molecule has 1 heterocycles. The van der Waals surface area contributed by atoms with Crippen molar-refractivity contribution in [2.24, 2.45) is 0 Å². The first-order valence-corrected chi connectivity index (χ1v) is 15.1.